The van der Waals surface area contributed by atoms with E-state index in [0.717, 1.165) is 16.9 Å². The van der Waals surface area contributed by atoms with E-state index in [-0.39, 0.29) is 0 Å². The lowest BCUT2D eigenvalue weighted by Crippen LogP contribution is -2.17. The Kier molecular flexibility index (Phi) is 3.97. The molecule has 110 valence electrons. The molecule has 0 saturated carbocycles. The quantitative estimate of drug-likeness (QED) is 0.939. The van der Waals surface area contributed by atoms with E-state index in [1.165, 1.54) is 0 Å². The average molecular weight is 286 g/mol. The van der Waals surface area contributed by atoms with E-state index >= 15 is 0 Å². The molecule has 1 aliphatic heterocycles. The van der Waals surface area contributed by atoms with E-state index in [4.69, 9.17) is 14.2 Å². The summed E-state index contributed by atoms with van der Waals surface area (Å²) in [5, 5.41) is 10.6. The van der Waals surface area contributed by atoms with Crippen molar-refractivity contribution in [3.8, 4) is 17.2 Å². The summed E-state index contributed by atoms with van der Waals surface area (Å²) >= 11 is 0. The van der Waals surface area contributed by atoms with Gasteiger partial charge >= 0.3 is 0 Å². The summed E-state index contributed by atoms with van der Waals surface area (Å²) in [5.41, 5.74) is 1.71. The Balaban J connectivity index is 1.87. The molecular formula is C17H18O4. The molecule has 2 aromatic carbocycles. The summed E-state index contributed by atoms with van der Waals surface area (Å²) in [6, 6.07) is 13.3. The van der Waals surface area contributed by atoms with Crippen LogP contribution >= 0.6 is 0 Å². The van der Waals surface area contributed by atoms with Crippen LogP contribution in [0.25, 0.3) is 0 Å². The highest BCUT2D eigenvalue weighted by molar-refractivity contribution is 5.49. The Morgan fingerprint density at radius 3 is 2.76 bits per heavy atom. The fourth-order valence-corrected chi connectivity index (χ4v) is 2.55. The Bertz CT molecular complexity index is 624. The van der Waals surface area contributed by atoms with Crippen LogP contribution in [0.5, 0.6) is 17.2 Å². The zero-order valence-electron chi connectivity index (χ0n) is 11.9. The molecule has 2 aromatic rings. The van der Waals surface area contributed by atoms with Crippen LogP contribution in [0.2, 0.25) is 0 Å². The van der Waals surface area contributed by atoms with Crippen LogP contribution in [0.1, 0.15) is 17.2 Å². The van der Waals surface area contributed by atoms with E-state index in [1.807, 2.05) is 42.5 Å². The van der Waals surface area contributed by atoms with Crippen LogP contribution in [0.4, 0.5) is 0 Å². The second-order valence-corrected chi connectivity index (χ2v) is 4.90. The smallest absolute Gasteiger partial charge is 0.167 e. The average Bonchev–Trinajstić information content (AvgIpc) is 2.54. The first kappa shape index (κ1) is 13.8. The molecule has 4 heteroatoms. The molecule has 0 fully saturated rings. The second kappa shape index (κ2) is 6.06. The van der Waals surface area contributed by atoms with Gasteiger partial charge in [0.15, 0.2) is 11.5 Å². The minimum atomic E-state index is -0.669. The van der Waals surface area contributed by atoms with Gasteiger partial charge in [0.1, 0.15) is 19.0 Å². The lowest BCUT2D eigenvalue weighted by molar-refractivity contribution is 0.145. The molecule has 0 saturated heterocycles. The number of methoxy groups -OCH3 is 1. The summed E-state index contributed by atoms with van der Waals surface area (Å²) in [6.07, 6.45) is -0.206. The topological polar surface area (TPSA) is 47.9 Å². The third-order valence-corrected chi connectivity index (χ3v) is 3.56. The SMILES string of the molecule is COc1ccccc1CC(O)c1cccc2c1OCCO2. The zero-order valence-corrected chi connectivity index (χ0v) is 11.9. The Labute approximate surface area is 123 Å². The zero-order chi connectivity index (χ0) is 14.7. The summed E-state index contributed by atoms with van der Waals surface area (Å²) in [7, 11) is 1.63. The molecule has 1 aliphatic rings. The van der Waals surface area contributed by atoms with Crippen LogP contribution in [-0.4, -0.2) is 25.4 Å². The lowest BCUT2D eigenvalue weighted by Gasteiger charge is -2.23. The number of aliphatic hydroxyl groups excluding tert-OH is 1. The summed E-state index contributed by atoms with van der Waals surface area (Å²) < 4.78 is 16.5. The van der Waals surface area contributed by atoms with Crippen molar-refractivity contribution >= 4 is 0 Å². The van der Waals surface area contributed by atoms with Crippen molar-refractivity contribution in [3.63, 3.8) is 0 Å². The van der Waals surface area contributed by atoms with Gasteiger partial charge in [-0.15, -0.1) is 0 Å². The molecule has 1 heterocycles. The van der Waals surface area contributed by atoms with Crippen LogP contribution in [0.15, 0.2) is 42.5 Å². The number of hydrogen-bond donors (Lipinski definition) is 1. The van der Waals surface area contributed by atoms with E-state index in [0.29, 0.717) is 31.1 Å². The number of rotatable bonds is 4. The first-order chi connectivity index (χ1) is 10.3. The van der Waals surface area contributed by atoms with Crippen molar-refractivity contribution in [1.29, 1.82) is 0 Å². The standard InChI is InChI=1S/C17H18O4/c1-19-15-7-3-2-5-12(15)11-14(18)13-6-4-8-16-17(13)21-10-9-20-16/h2-8,14,18H,9-11H2,1H3. The molecule has 3 rings (SSSR count). The molecule has 0 bridgehead atoms. The molecule has 0 spiro atoms. The van der Waals surface area contributed by atoms with Gasteiger partial charge in [0.25, 0.3) is 0 Å². The lowest BCUT2D eigenvalue weighted by atomic mass is 9.99. The van der Waals surface area contributed by atoms with Gasteiger partial charge in [0.2, 0.25) is 0 Å². The van der Waals surface area contributed by atoms with E-state index < -0.39 is 6.10 Å². The molecule has 1 atom stereocenters. The van der Waals surface area contributed by atoms with Crippen LogP contribution in [-0.2, 0) is 6.42 Å². The predicted molar refractivity (Wildman–Crippen MR) is 79.1 cm³/mol. The summed E-state index contributed by atoms with van der Waals surface area (Å²) in [4.78, 5) is 0. The van der Waals surface area contributed by atoms with Crippen molar-refractivity contribution in [1.82, 2.24) is 0 Å². The maximum Gasteiger partial charge on any atom is 0.167 e. The first-order valence-corrected chi connectivity index (χ1v) is 6.98. The third kappa shape index (κ3) is 2.81. The second-order valence-electron chi connectivity index (χ2n) is 4.90. The first-order valence-electron chi connectivity index (χ1n) is 6.98. The van der Waals surface area contributed by atoms with Gasteiger partial charge in [0.05, 0.1) is 13.2 Å². The fourth-order valence-electron chi connectivity index (χ4n) is 2.55. The third-order valence-electron chi connectivity index (χ3n) is 3.56. The van der Waals surface area contributed by atoms with Crippen molar-refractivity contribution in [3.05, 3.63) is 53.6 Å². The number of aliphatic hydroxyl groups is 1. The number of para-hydroxylation sites is 2. The van der Waals surface area contributed by atoms with E-state index in [9.17, 15) is 5.11 Å². The van der Waals surface area contributed by atoms with Gasteiger partial charge in [-0.1, -0.05) is 30.3 Å². The van der Waals surface area contributed by atoms with Crippen LogP contribution < -0.4 is 14.2 Å². The van der Waals surface area contributed by atoms with Crippen molar-refractivity contribution in [2.45, 2.75) is 12.5 Å². The number of hydrogen-bond acceptors (Lipinski definition) is 4. The summed E-state index contributed by atoms with van der Waals surface area (Å²) in [6.45, 7) is 1.05. The number of benzene rings is 2. The predicted octanol–water partition coefficient (Wildman–Crippen LogP) is 2.74. The van der Waals surface area contributed by atoms with Gasteiger partial charge in [-0.2, -0.15) is 0 Å². The molecule has 0 aromatic heterocycles. The summed E-state index contributed by atoms with van der Waals surface area (Å²) in [5.74, 6) is 2.11. The Morgan fingerprint density at radius 1 is 1.10 bits per heavy atom. The van der Waals surface area contributed by atoms with Gasteiger partial charge in [-0.3, -0.25) is 0 Å². The monoisotopic (exact) mass is 286 g/mol. The van der Waals surface area contributed by atoms with Gasteiger partial charge in [-0.25, -0.2) is 0 Å². The fraction of sp³-hybridized carbons (Fsp3) is 0.294. The molecule has 0 amide bonds. The van der Waals surface area contributed by atoms with Crippen molar-refractivity contribution in [2.24, 2.45) is 0 Å². The maximum atomic E-state index is 10.6. The molecule has 21 heavy (non-hydrogen) atoms. The molecule has 0 aliphatic carbocycles. The van der Waals surface area contributed by atoms with Crippen LogP contribution in [0, 0.1) is 0 Å². The van der Waals surface area contributed by atoms with Crippen LogP contribution in [0.3, 0.4) is 0 Å². The van der Waals surface area contributed by atoms with Crippen molar-refractivity contribution in [2.75, 3.05) is 20.3 Å². The minimum absolute atomic E-state index is 0.462. The maximum absolute atomic E-state index is 10.6. The normalized spacial score (nSPS) is 14.6. The van der Waals surface area contributed by atoms with E-state index in [1.54, 1.807) is 7.11 Å². The Morgan fingerprint density at radius 2 is 1.90 bits per heavy atom. The molecule has 0 radical (unpaired) electrons. The van der Waals surface area contributed by atoms with Gasteiger partial charge in [-0.05, 0) is 17.7 Å². The Hall–Kier alpha value is -2.20. The molecule has 1 N–H and O–H groups in total. The highest BCUT2D eigenvalue weighted by Gasteiger charge is 2.21. The largest absolute Gasteiger partial charge is 0.496 e. The molecule has 4 nitrogen and oxygen atoms in total. The molecule has 1 unspecified atom stereocenters. The molecular weight excluding hydrogens is 268 g/mol. The van der Waals surface area contributed by atoms with E-state index in [2.05, 4.69) is 0 Å². The van der Waals surface area contributed by atoms with Gasteiger partial charge < -0.3 is 19.3 Å². The highest BCUT2D eigenvalue weighted by Crippen LogP contribution is 2.38. The highest BCUT2D eigenvalue weighted by atomic mass is 16.6. The van der Waals surface area contributed by atoms with Crippen molar-refractivity contribution < 1.29 is 19.3 Å². The van der Waals surface area contributed by atoms with Gasteiger partial charge in [0, 0.05) is 12.0 Å². The minimum Gasteiger partial charge on any atom is -0.496 e. The number of fused-ring (bicyclic) bond motifs is 1. The number of ether oxygens (including phenoxy) is 3.